The molecule has 2 N–H and O–H groups in total. The predicted molar refractivity (Wildman–Crippen MR) is 113 cm³/mol. The summed E-state index contributed by atoms with van der Waals surface area (Å²) >= 11 is 12.1. The Morgan fingerprint density at radius 2 is 1.64 bits per heavy atom. The third-order valence-corrected chi connectivity index (χ3v) is 5.96. The van der Waals surface area contributed by atoms with Gasteiger partial charge in [0, 0.05) is 33.9 Å². The fourth-order valence-corrected chi connectivity index (χ4v) is 4.19. The molecule has 0 bridgehead atoms. The van der Waals surface area contributed by atoms with E-state index in [1.54, 1.807) is 48.5 Å². The van der Waals surface area contributed by atoms with E-state index in [4.69, 9.17) is 23.2 Å². The second kappa shape index (κ2) is 8.22. The van der Waals surface area contributed by atoms with Crippen molar-refractivity contribution in [2.24, 2.45) is 0 Å². The molecule has 0 aromatic heterocycles. The fraction of sp³-hybridized carbons (Fsp3) is 0.0500. The summed E-state index contributed by atoms with van der Waals surface area (Å²) in [5.74, 6) is -0.301. The second-order valence-corrected chi connectivity index (χ2v) is 8.44. The molecule has 0 atom stereocenters. The van der Waals surface area contributed by atoms with Gasteiger partial charge < -0.3 is 5.32 Å². The molecule has 144 valence electrons. The van der Waals surface area contributed by atoms with Crippen LogP contribution in [0.3, 0.4) is 0 Å². The van der Waals surface area contributed by atoms with Crippen LogP contribution in [0.25, 0.3) is 11.1 Å². The van der Waals surface area contributed by atoms with E-state index in [2.05, 4.69) is 10.0 Å². The van der Waals surface area contributed by atoms with Gasteiger partial charge in [0.2, 0.25) is 0 Å². The van der Waals surface area contributed by atoms with Crippen molar-refractivity contribution in [2.75, 3.05) is 11.8 Å². The van der Waals surface area contributed by atoms with Gasteiger partial charge in [-0.05, 0) is 48.0 Å². The number of rotatable bonds is 5. The van der Waals surface area contributed by atoms with Crippen LogP contribution in [0.1, 0.15) is 10.4 Å². The largest absolute Gasteiger partial charge is 0.355 e. The molecule has 3 aromatic rings. The lowest BCUT2D eigenvalue weighted by Crippen LogP contribution is -2.18. The molecule has 0 aliphatic carbocycles. The maximum Gasteiger partial charge on any atom is 0.261 e. The van der Waals surface area contributed by atoms with E-state index in [0.717, 1.165) is 11.1 Å². The van der Waals surface area contributed by atoms with E-state index in [1.165, 1.54) is 25.2 Å². The Morgan fingerprint density at radius 3 is 2.29 bits per heavy atom. The first-order valence-electron chi connectivity index (χ1n) is 8.20. The van der Waals surface area contributed by atoms with Gasteiger partial charge in [-0.2, -0.15) is 0 Å². The second-order valence-electron chi connectivity index (χ2n) is 5.91. The normalized spacial score (nSPS) is 11.1. The van der Waals surface area contributed by atoms with Crippen LogP contribution in [-0.4, -0.2) is 21.4 Å². The molecule has 0 saturated carbocycles. The maximum atomic E-state index is 12.7. The molecule has 0 aliphatic heterocycles. The summed E-state index contributed by atoms with van der Waals surface area (Å²) in [6.45, 7) is 0. The molecule has 0 fully saturated rings. The van der Waals surface area contributed by atoms with Gasteiger partial charge in [-0.15, -0.1) is 0 Å². The number of hydrogen-bond acceptors (Lipinski definition) is 3. The van der Waals surface area contributed by atoms with E-state index >= 15 is 0 Å². The zero-order valence-electron chi connectivity index (χ0n) is 14.7. The van der Waals surface area contributed by atoms with Crippen molar-refractivity contribution < 1.29 is 13.2 Å². The summed E-state index contributed by atoms with van der Waals surface area (Å²) in [6.07, 6.45) is 0. The summed E-state index contributed by atoms with van der Waals surface area (Å²) in [7, 11) is -2.31. The molecule has 1 amide bonds. The van der Waals surface area contributed by atoms with E-state index < -0.39 is 10.0 Å². The number of halogens is 2. The van der Waals surface area contributed by atoms with Gasteiger partial charge in [0.25, 0.3) is 15.9 Å². The van der Waals surface area contributed by atoms with Gasteiger partial charge in [-0.3, -0.25) is 9.52 Å². The number of hydrogen-bond donors (Lipinski definition) is 2. The first kappa shape index (κ1) is 20.2. The molecular weight excluding hydrogens is 419 g/mol. The van der Waals surface area contributed by atoms with E-state index in [1.807, 2.05) is 0 Å². The third-order valence-electron chi connectivity index (χ3n) is 4.01. The fourth-order valence-electron chi connectivity index (χ4n) is 2.62. The zero-order chi connectivity index (χ0) is 20.3. The van der Waals surface area contributed by atoms with E-state index in [0.29, 0.717) is 21.3 Å². The first-order valence-corrected chi connectivity index (χ1v) is 10.4. The van der Waals surface area contributed by atoms with Crippen LogP contribution in [0.4, 0.5) is 5.69 Å². The summed E-state index contributed by atoms with van der Waals surface area (Å²) in [4.78, 5) is 11.8. The molecule has 5 nitrogen and oxygen atoms in total. The average Bonchev–Trinajstić information content (AvgIpc) is 2.67. The van der Waals surface area contributed by atoms with Crippen LogP contribution in [0.15, 0.2) is 71.6 Å². The third kappa shape index (κ3) is 4.47. The van der Waals surface area contributed by atoms with Crippen molar-refractivity contribution in [2.45, 2.75) is 4.90 Å². The lowest BCUT2D eigenvalue weighted by molar-refractivity contribution is 0.0963. The molecule has 0 aliphatic rings. The highest BCUT2D eigenvalue weighted by molar-refractivity contribution is 7.92. The van der Waals surface area contributed by atoms with Crippen molar-refractivity contribution in [1.29, 1.82) is 0 Å². The Kier molecular flexibility index (Phi) is 5.93. The minimum atomic E-state index is -3.81. The number of amides is 1. The summed E-state index contributed by atoms with van der Waals surface area (Å²) in [6, 6.07) is 17.7. The summed E-state index contributed by atoms with van der Waals surface area (Å²) in [5, 5.41) is 3.50. The minimum Gasteiger partial charge on any atom is -0.355 e. The highest BCUT2D eigenvalue weighted by Crippen LogP contribution is 2.31. The Labute approximate surface area is 173 Å². The first-order chi connectivity index (χ1) is 13.3. The van der Waals surface area contributed by atoms with Crippen molar-refractivity contribution in [3.8, 4) is 11.1 Å². The Hall–Kier alpha value is -2.54. The number of nitrogens with one attached hydrogen (secondary N) is 2. The number of sulfonamides is 1. The van der Waals surface area contributed by atoms with Crippen LogP contribution in [0, 0.1) is 0 Å². The van der Waals surface area contributed by atoms with Crippen molar-refractivity contribution >= 4 is 44.8 Å². The Morgan fingerprint density at radius 1 is 0.929 bits per heavy atom. The molecule has 28 heavy (non-hydrogen) atoms. The molecule has 0 saturated heterocycles. The topological polar surface area (TPSA) is 75.3 Å². The van der Waals surface area contributed by atoms with Crippen LogP contribution in [0.5, 0.6) is 0 Å². The zero-order valence-corrected chi connectivity index (χ0v) is 17.1. The van der Waals surface area contributed by atoms with Crippen LogP contribution in [0.2, 0.25) is 10.0 Å². The van der Waals surface area contributed by atoms with Crippen molar-refractivity contribution in [3.63, 3.8) is 0 Å². The van der Waals surface area contributed by atoms with Gasteiger partial charge in [0.1, 0.15) is 0 Å². The molecule has 0 radical (unpaired) electrons. The quantitative estimate of drug-likeness (QED) is 0.604. The molecule has 3 aromatic carbocycles. The SMILES string of the molecule is CNC(=O)c1cccc(NS(=O)(=O)c2ccc(-c3ccc(Cl)cc3Cl)cc2)c1. The minimum absolute atomic E-state index is 0.0895. The summed E-state index contributed by atoms with van der Waals surface area (Å²) < 4.78 is 27.8. The number of carbonyl (C=O) groups excluding carboxylic acids is 1. The van der Waals surface area contributed by atoms with E-state index in [-0.39, 0.29) is 10.8 Å². The molecule has 8 heteroatoms. The highest BCUT2D eigenvalue weighted by Gasteiger charge is 2.15. The summed E-state index contributed by atoms with van der Waals surface area (Å²) in [5.41, 5.74) is 2.17. The molecule has 0 heterocycles. The van der Waals surface area contributed by atoms with Crippen LogP contribution in [-0.2, 0) is 10.0 Å². The van der Waals surface area contributed by atoms with Gasteiger partial charge in [0.05, 0.1) is 4.90 Å². The van der Waals surface area contributed by atoms with Gasteiger partial charge in [-0.25, -0.2) is 8.42 Å². The van der Waals surface area contributed by atoms with Crippen LogP contribution < -0.4 is 10.0 Å². The monoisotopic (exact) mass is 434 g/mol. The van der Waals surface area contributed by atoms with Crippen LogP contribution >= 0.6 is 23.2 Å². The van der Waals surface area contributed by atoms with Gasteiger partial charge in [0.15, 0.2) is 0 Å². The Balaban J connectivity index is 1.86. The molecular formula is C20H16Cl2N2O3S. The molecule has 3 rings (SSSR count). The van der Waals surface area contributed by atoms with Gasteiger partial charge in [-0.1, -0.05) is 47.5 Å². The highest BCUT2D eigenvalue weighted by atomic mass is 35.5. The van der Waals surface area contributed by atoms with Crippen molar-refractivity contribution in [1.82, 2.24) is 5.32 Å². The predicted octanol–water partition coefficient (Wildman–Crippen LogP) is 4.82. The van der Waals surface area contributed by atoms with Crippen molar-refractivity contribution in [3.05, 3.63) is 82.3 Å². The molecule has 0 spiro atoms. The average molecular weight is 435 g/mol. The standard InChI is InChI=1S/C20H16Cl2N2O3S/c1-23-20(25)14-3-2-4-16(11-14)24-28(26,27)17-8-5-13(6-9-17)18-10-7-15(21)12-19(18)22/h2-12,24H,1H3,(H,23,25). The molecule has 0 unspecified atom stereocenters. The van der Waals surface area contributed by atoms with E-state index in [9.17, 15) is 13.2 Å². The lowest BCUT2D eigenvalue weighted by atomic mass is 10.1. The number of carbonyl (C=O) groups is 1. The van der Waals surface area contributed by atoms with Gasteiger partial charge >= 0.3 is 0 Å². The smallest absolute Gasteiger partial charge is 0.261 e. The number of benzene rings is 3. The lowest BCUT2D eigenvalue weighted by Gasteiger charge is -2.10. The number of anilines is 1. The Bertz CT molecular complexity index is 1130. The maximum absolute atomic E-state index is 12.7.